The Morgan fingerprint density at radius 1 is 1.17 bits per heavy atom. The molecule has 2 aromatic rings. The highest BCUT2D eigenvalue weighted by atomic mass is 19.1. The molecular weight excluding hydrogens is 307 g/mol. The Morgan fingerprint density at radius 3 is 2.79 bits per heavy atom. The molecule has 1 aliphatic heterocycles. The lowest BCUT2D eigenvalue weighted by Gasteiger charge is -2.17. The topological polar surface area (TPSA) is 42.4 Å². The van der Waals surface area contributed by atoms with Gasteiger partial charge < -0.3 is 9.64 Å². The number of benzene rings is 1. The van der Waals surface area contributed by atoms with E-state index in [9.17, 15) is 9.18 Å². The summed E-state index contributed by atoms with van der Waals surface area (Å²) in [6.45, 7) is 1.24. The smallest absolute Gasteiger partial charge is 0.226 e. The van der Waals surface area contributed by atoms with E-state index in [2.05, 4.69) is 17.1 Å². The van der Waals surface area contributed by atoms with Crippen LogP contribution >= 0.6 is 0 Å². The summed E-state index contributed by atoms with van der Waals surface area (Å²) in [5, 5.41) is 0. The van der Waals surface area contributed by atoms with Gasteiger partial charge in [-0.3, -0.25) is 4.79 Å². The predicted molar refractivity (Wildman–Crippen MR) is 87.1 cm³/mol. The molecule has 1 unspecified atom stereocenters. The van der Waals surface area contributed by atoms with Crippen molar-refractivity contribution in [1.82, 2.24) is 9.88 Å². The number of hydrogen-bond donors (Lipinski definition) is 0. The lowest BCUT2D eigenvalue weighted by Crippen LogP contribution is -2.32. The minimum atomic E-state index is -0.554. The molecule has 0 radical (unpaired) electrons. The zero-order valence-electron chi connectivity index (χ0n) is 13.3. The van der Waals surface area contributed by atoms with Crippen LogP contribution in [0.1, 0.15) is 24.3 Å². The summed E-state index contributed by atoms with van der Waals surface area (Å²) in [4.78, 5) is 18.2. The molecule has 1 saturated carbocycles. The maximum Gasteiger partial charge on any atom is 0.226 e. The summed E-state index contributed by atoms with van der Waals surface area (Å²) in [6.07, 6.45) is 1.57. The first kappa shape index (κ1) is 15.1. The van der Waals surface area contributed by atoms with Crippen LogP contribution in [0.5, 0.6) is 5.88 Å². The fourth-order valence-electron chi connectivity index (χ4n) is 3.42. The van der Waals surface area contributed by atoms with E-state index in [1.807, 2.05) is 23.1 Å². The lowest BCUT2D eigenvalue weighted by molar-refractivity contribution is -0.131. The Balaban J connectivity index is 1.33. The highest BCUT2D eigenvalue weighted by molar-refractivity contribution is 5.83. The van der Waals surface area contributed by atoms with Gasteiger partial charge in [-0.1, -0.05) is 36.4 Å². The highest BCUT2D eigenvalue weighted by Gasteiger charge is 2.46. The molecule has 0 spiro atoms. The van der Waals surface area contributed by atoms with Crippen molar-refractivity contribution in [3.05, 3.63) is 60.0 Å². The largest absolute Gasteiger partial charge is 0.472 e. The van der Waals surface area contributed by atoms with E-state index in [-0.39, 0.29) is 23.8 Å². The van der Waals surface area contributed by atoms with Gasteiger partial charge in [0.2, 0.25) is 17.7 Å². The number of likely N-dealkylation sites (tertiary alicyclic amines) is 1. The Labute approximate surface area is 140 Å². The second-order valence-electron chi connectivity index (χ2n) is 6.47. The van der Waals surface area contributed by atoms with Crippen LogP contribution < -0.4 is 4.74 Å². The van der Waals surface area contributed by atoms with Crippen LogP contribution in [0.4, 0.5) is 4.39 Å². The molecule has 2 aliphatic rings. The zero-order valence-corrected chi connectivity index (χ0v) is 13.3. The SMILES string of the molecule is O=C([C@@H]1C[C@H]1c1ccccc1)N1CCC(Oc2cccc(F)n2)C1. The lowest BCUT2D eigenvalue weighted by atomic mass is 10.1. The number of carbonyl (C=O) groups excluding carboxylic acids is 1. The van der Waals surface area contributed by atoms with Gasteiger partial charge in [-0.2, -0.15) is 9.37 Å². The van der Waals surface area contributed by atoms with Gasteiger partial charge in [0, 0.05) is 24.9 Å². The fourth-order valence-corrected chi connectivity index (χ4v) is 3.42. The van der Waals surface area contributed by atoms with E-state index < -0.39 is 5.95 Å². The summed E-state index contributed by atoms with van der Waals surface area (Å²) >= 11 is 0. The quantitative estimate of drug-likeness (QED) is 0.811. The maximum absolute atomic E-state index is 13.1. The third kappa shape index (κ3) is 3.11. The van der Waals surface area contributed by atoms with Crippen molar-refractivity contribution in [2.24, 2.45) is 5.92 Å². The summed E-state index contributed by atoms with van der Waals surface area (Å²) < 4.78 is 18.8. The summed E-state index contributed by atoms with van der Waals surface area (Å²) in [6, 6.07) is 14.7. The predicted octanol–water partition coefficient (Wildman–Crippen LogP) is 3.00. The maximum atomic E-state index is 13.1. The average molecular weight is 326 g/mol. The van der Waals surface area contributed by atoms with Gasteiger partial charge in [0.15, 0.2) is 0 Å². The standard InChI is InChI=1S/C19H19FN2O2/c20-17-7-4-8-18(21-17)24-14-9-10-22(12-14)19(23)16-11-15(16)13-5-2-1-3-6-13/h1-8,14-16H,9-12H2/t14?,15-,16+/m0/s1. The number of pyridine rings is 1. The number of ether oxygens (including phenoxy) is 1. The van der Waals surface area contributed by atoms with Crippen molar-refractivity contribution in [3.63, 3.8) is 0 Å². The Bertz CT molecular complexity index is 737. The third-order valence-electron chi connectivity index (χ3n) is 4.77. The van der Waals surface area contributed by atoms with Crippen LogP contribution in [0.2, 0.25) is 0 Å². The van der Waals surface area contributed by atoms with Gasteiger partial charge in [0.1, 0.15) is 6.10 Å². The number of amides is 1. The second kappa shape index (κ2) is 6.23. The Hall–Kier alpha value is -2.43. The minimum absolute atomic E-state index is 0.0958. The van der Waals surface area contributed by atoms with E-state index in [0.717, 1.165) is 12.8 Å². The van der Waals surface area contributed by atoms with E-state index >= 15 is 0 Å². The van der Waals surface area contributed by atoms with Crippen LogP contribution in [-0.2, 0) is 4.79 Å². The van der Waals surface area contributed by atoms with Crippen LogP contribution in [0.25, 0.3) is 0 Å². The highest BCUT2D eigenvalue weighted by Crippen LogP contribution is 2.48. The van der Waals surface area contributed by atoms with Gasteiger partial charge in [-0.25, -0.2) is 0 Å². The fraction of sp³-hybridized carbons (Fsp3) is 0.368. The number of hydrogen-bond acceptors (Lipinski definition) is 3. The van der Waals surface area contributed by atoms with Crippen LogP contribution in [0.15, 0.2) is 48.5 Å². The van der Waals surface area contributed by atoms with Crippen LogP contribution in [-0.4, -0.2) is 35.0 Å². The molecule has 0 bridgehead atoms. The van der Waals surface area contributed by atoms with Crippen molar-refractivity contribution in [2.45, 2.75) is 24.9 Å². The molecule has 1 saturated heterocycles. The van der Waals surface area contributed by atoms with E-state index in [1.54, 1.807) is 12.1 Å². The summed E-state index contributed by atoms with van der Waals surface area (Å²) in [7, 11) is 0. The summed E-state index contributed by atoms with van der Waals surface area (Å²) in [5.41, 5.74) is 1.24. The minimum Gasteiger partial charge on any atom is -0.472 e. The van der Waals surface area contributed by atoms with Gasteiger partial charge in [-0.05, 0) is 24.0 Å². The van der Waals surface area contributed by atoms with Crippen molar-refractivity contribution in [1.29, 1.82) is 0 Å². The molecule has 4 nitrogen and oxygen atoms in total. The Morgan fingerprint density at radius 2 is 2.00 bits per heavy atom. The molecule has 3 atom stereocenters. The van der Waals surface area contributed by atoms with Crippen molar-refractivity contribution < 1.29 is 13.9 Å². The number of halogens is 1. The van der Waals surface area contributed by atoms with Crippen molar-refractivity contribution in [3.8, 4) is 5.88 Å². The Kier molecular flexibility index (Phi) is 3.92. The molecule has 1 aliphatic carbocycles. The molecule has 2 fully saturated rings. The molecule has 0 N–H and O–H groups in total. The van der Waals surface area contributed by atoms with Gasteiger partial charge in [0.05, 0.1) is 6.54 Å². The first-order chi connectivity index (χ1) is 11.7. The van der Waals surface area contributed by atoms with Gasteiger partial charge >= 0.3 is 0 Å². The van der Waals surface area contributed by atoms with E-state index in [1.165, 1.54) is 11.6 Å². The average Bonchev–Trinajstić information content (AvgIpc) is 3.27. The number of aromatic nitrogens is 1. The molecule has 124 valence electrons. The molecule has 4 rings (SSSR count). The molecule has 1 aromatic heterocycles. The normalized spacial score (nSPS) is 25.5. The number of nitrogens with zero attached hydrogens (tertiary/aromatic N) is 2. The molecule has 2 heterocycles. The number of rotatable bonds is 4. The van der Waals surface area contributed by atoms with E-state index in [4.69, 9.17) is 4.74 Å². The van der Waals surface area contributed by atoms with Gasteiger partial charge in [-0.15, -0.1) is 0 Å². The van der Waals surface area contributed by atoms with E-state index in [0.29, 0.717) is 19.0 Å². The number of carbonyl (C=O) groups is 1. The summed E-state index contributed by atoms with van der Waals surface area (Å²) in [5.74, 6) is 0.383. The second-order valence-corrected chi connectivity index (χ2v) is 6.47. The van der Waals surface area contributed by atoms with Gasteiger partial charge in [0.25, 0.3) is 0 Å². The van der Waals surface area contributed by atoms with Crippen molar-refractivity contribution in [2.75, 3.05) is 13.1 Å². The monoisotopic (exact) mass is 326 g/mol. The molecule has 1 amide bonds. The van der Waals surface area contributed by atoms with Crippen molar-refractivity contribution >= 4 is 5.91 Å². The van der Waals surface area contributed by atoms with Crippen LogP contribution in [0, 0.1) is 11.9 Å². The molecule has 5 heteroatoms. The molecule has 1 aromatic carbocycles. The van der Waals surface area contributed by atoms with Crippen LogP contribution in [0.3, 0.4) is 0 Å². The molecule has 24 heavy (non-hydrogen) atoms. The molecular formula is C19H19FN2O2. The zero-order chi connectivity index (χ0) is 16.5. The first-order valence-corrected chi connectivity index (χ1v) is 8.33. The first-order valence-electron chi connectivity index (χ1n) is 8.33. The third-order valence-corrected chi connectivity index (χ3v) is 4.77.